The highest BCUT2D eigenvalue weighted by atomic mass is 35.5. The first-order valence-corrected chi connectivity index (χ1v) is 11.0. The molecule has 0 aliphatic rings. The van der Waals surface area contributed by atoms with Crippen LogP contribution in [0.1, 0.15) is 31.4 Å². The van der Waals surface area contributed by atoms with Crippen LogP contribution in [0.5, 0.6) is 0 Å². The third-order valence-corrected chi connectivity index (χ3v) is 6.57. The van der Waals surface area contributed by atoms with E-state index in [4.69, 9.17) is 23.2 Å². The van der Waals surface area contributed by atoms with E-state index in [-0.39, 0.29) is 10.8 Å². The van der Waals surface area contributed by atoms with Gasteiger partial charge >= 0.3 is 0 Å². The molecule has 0 spiro atoms. The smallest absolute Gasteiger partial charge is 0.240 e. The van der Waals surface area contributed by atoms with Crippen molar-refractivity contribution in [1.29, 1.82) is 0 Å². The summed E-state index contributed by atoms with van der Waals surface area (Å²) in [6, 6.07) is 11.8. The number of rotatable bonds is 8. The van der Waals surface area contributed by atoms with Crippen LogP contribution >= 0.6 is 23.2 Å². The van der Waals surface area contributed by atoms with E-state index < -0.39 is 15.4 Å². The minimum Gasteiger partial charge on any atom is -0.355 e. The molecular weight excluding hydrogens is 419 g/mol. The maximum Gasteiger partial charge on any atom is 0.240 e. The van der Waals surface area contributed by atoms with Crippen molar-refractivity contribution < 1.29 is 13.2 Å². The molecule has 0 unspecified atom stereocenters. The van der Waals surface area contributed by atoms with Gasteiger partial charge in [-0.15, -0.1) is 0 Å². The minimum atomic E-state index is -3.46. The molecule has 8 heteroatoms. The van der Waals surface area contributed by atoms with E-state index in [2.05, 4.69) is 10.0 Å². The Labute approximate surface area is 176 Å². The molecule has 0 aliphatic heterocycles. The van der Waals surface area contributed by atoms with Crippen LogP contribution in [0.2, 0.25) is 10.0 Å². The molecule has 0 bridgehead atoms. The summed E-state index contributed by atoms with van der Waals surface area (Å²) in [6.07, 6.45) is 0.809. The van der Waals surface area contributed by atoms with Crippen LogP contribution in [0, 0.1) is 0 Å². The zero-order valence-corrected chi connectivity index (χ0v) is 18.4. The molecule has 0 atom stereocenters. The maximum atomic E-state index is 12.3. The molecule has 0 radical (unpaired) electrons. The average Bonchev–Trinajstić information content (AvgIpc) is 2.65. The topological polar surface area (TPSA) is 75.3 Å². The van der Waals surface area contributed by atoms with Crippen molar-refractivity contribution in [1.82, 2.24) is 10.0 Å². The number of sulfonamides is 1. The van der Waals surface area contributed by atoms with Gasteiger partial charge in [-0.2, -0.15) is 0 Å². The standard InChI is InChI=1S/C20H24Cl2N2O3S/c1-20(2,19-16(21)5-4-6-17(19)22)13-24-18(25)12-9-14-7-10-15(11-8-14)28(26,27)23-3/h4-8,10-11,23H,9,12-13H2,1-3H3,(H,24,25). The predicted octanol–water partition coefficient (Wildman–Crippen LogP) is 3.93. The largest absolute Gasteiger partial charge is 0.355 e. The summed E-state index contributed by atoms with van der Waals surface area (Å²) in [4.78, 5) is 12.4. The number of amides is 1. The second-order valence-electron chi connectivity index (χ2n) is 7.11. The molecule has 0 heterocycles. The molecule has 152 valence electrons. The predicted molar refractivity (Wildman–Crippen MR) is 114 cm³/mol. The number of aryl methyl sites for hydroxylation is 1. The quantitative estimate of drug-likeness (QED) is 0.649. The van der Waals surface area contributed by atoms with Crippen LogP contribution in [0.4, 0.5) is 0 Å². The molecule has 0 aliphatic carbocycles. The highest BCUT2D eigenvalue weighted by Gasteiger charge is 2.26. The van der Waals surface area contributed by atoms with E-state index in [9.17, 15) is 13.2 Å². The first kappa shape index (κ1) is 22.7. The fraction of sp³-hybridized carbons (Fsp3) is 0.350. The Balaban J connectivity index is 1.92. The SMILES string of the molecule is CNS(=O)(=O)c1ccc(CCC(=O)NCC(C)(C)c2c(Cl)cccc2Cl)cc1. The lowest BCUT2D eigenvalue weighted by Crippen LogP contribution is -2.37. The Morgan fingerprint density at radius 1 is 1.04 bits per heavy atom. The summed E-state index contributed by atoms with van der Waals surface area (Å²) in [7, 11) is -2.09. The van der Waals surface area contributed by atoms with Gasteiger partial charge in [-0.1, -0.05) is 55.2 Å². The van der Waals surface area contributed by atoms with Gasteiger partial charge in [0.05, 0.1) is 4.90 Å². The summed E-state index contributed by atoms with van der Waals surface area (Å²) in [5, 5.41) is 4.07. The molecule has 1 amide bonds. The van der Waals surface area contributed by atoms with Crippen molar-refractivity contribution in [3.63, 3.8) is 0 Å². The first-order chi connectivity index (χ1) is 13.1. The lowest BCUT2D eigenvalue weighted by atomic mass is 9.84. The summed E-state index contributed by atoms with van der Waals surface area (Å²) in [6.45, 7) is 4.34. The Kier molecular flexibility index (Phi) is 7.51. The van der Waals surface area contributed by atoms with Crippen molar-refractivity contribution in [3.8, 4) is 0 Å². The third-order valence-electron chi connectivity index (χ3n) is 4.51. The van der Waals surface area contributed by atoms with Crippen LogP contribution in [-0.2, 0) is 26.7 Å². The summed E-state index contributed by atoms with van der Waals surface area (Å²) >= 11 is 12.6. The third kappa shape index (κ3) is 5.70. The van der Waals surface area contributed by atoms with E-state index in [0.717, 1.165) is 11.1 Å². The van der Waals surface area contributed by atoms with Gasteiger partial charge in [0.1, 0.15) is 0 Å². The molecule has 28 heavy (non-hydrogen) atoms. The minimum absolute atomic E-state index is 0.0943. The van der Waals surface area contributed by atoms with Gasteiger partial charge < -0.3 is 5.32 Å². The Bertz CT molecular complexity index is 922. The first-order valence-electron chi connectivity index (χ1n) is 8.80. The molecule has 5 nitrogen and oxygen atoms in total. The Hall–Kier alpha value is -1.60. The fourth-order valence-corrected chi connectivity index (χ4v) is 4.49. The van der Waals surface area contributed by atoms with Gasteiger partial charge in [0.25, 0.3) is 0 Å². The van der Waals surface area contributed by atoms with Crippen molar-refractivity contribution in [2.75, 3.05) is 13.6 Å². The number of carbonyl (C=O) groups excluding carboxylic acids is 1. The van der Waals surface area contributed by atoms with Gasteiger partial charge in [-0.05, 0) is 48.9 Å². The van der Waals surface area contributed by atoms with Crippen LogP contribution in [-0.4, -0.2) is 27.9 Å². The number of hydrogen-bond donors (Lipinski definition) is 2. The Morgan fingerprint density at radius 3 is 2.14 bits per heavy atom. The van der Waals surface area contributed by atoms with Crippen molar-refractivity contribution in [2.24, 2.45) is 0 Å². The van der Waals surface area contributed by atoms with Crippen molar-refractivity contribution in [2.45, 2.75) is 37.0 Å². The highest BCUT2D eigenvalue weighted by molar-refractivity contribution is 7.89. The molecule has 2 rings (SSSR count). The van der Waals surface area contributed by atoms with Crippen molar-refractivity contribution in [3.05, 3.63) is 63.6 Å². The molecule has 2 aromatic rings. The summed E-state index contributed by atoms with van der Waals surface area (Å²) < 4.78 is 25.7. The van der Waals surface area contributed by atoms with E-state index >= 15 is 0 Å². The van der Waals surface area contributed by atoms with Gasteiger partial charge in [-0.25, -0.2) is 13.1 Å². The van der Waals surface area contributed by atoms with Gasteiger partial charge in [0, 0.05) is 28.4 Å². The number of halogens is 2. The molecule has 0 fully saturated rings. The number of benzene rings is 2. The lowest BCUT2D eigenvalue weighted by molar-refractivity contribution is -0.121. The zero-order valence-electron chi connectivity index (χ0n) is 16.1. The van der Waals surface area contributed by atoms with Crippen LogP contribution < -0.4 is 10.0 Å². The number of nitrogens with one attached hydrogen (secondary N) is 2. The molecule has 0 saturated heterocycles. The average molecular weight is 443 g/mol. The van der Waals surface area contributed by atoms with E-state index in [1.165, 1.54) is 19.2 Å². The van der Waals surface area contributed by atoms with E-state index in [1.54, 1.807) is 30.3 Å². The Morgan fingerprint density at radius 2 is 1.61 bits per heavy atom. The van der Waals surface area contributed by atoms with E-state index in [0.29, 0.717) is 29.4 Å². The number of hydrogen-bond acceptors (Lipinski definition) is 3. The van der Waals surface area contributed by atoms with Gasteiger partial charge in [-0.3, -0.25) is 4.79 Å². The zero-order chi connectivity index (χ0) is 20.9. The monoisotopic (exact) mass is 442 g/mol. The van der Waals surface area contributed by atoms with Crippen LogP contribution in [0.3, 0.4) is 0 Å². The highest BCUT2D eigenvalue weighted by Crippen LogP contribution is 2.35. The fourth-order valence-electron chi connectivity index (χ4n) is 2.85. The van der Waals surface area contributed by atoms with Crippen LogP contribution in [0.25, 0.3) is 0 Å². The molecular formula is C20H24Cl2N2O3S. The maximum absolute atomic E-state index is 12.3. The second-order valence-corrected chi connectivity index (χ2v) is 9.81. The number of carbonyl (C=O) groups is 1. The molecule has 2 N–H and O–H groups in total. The molecule has 2 aromatic carbocycles. The second kappa shape index (κ2) is 9.27. The summed E-state index contributed by atoms with van der Waals surface area (Å²) in [5.41, 5.74) is 1.27. The van der Waals surface area contributed by atoms with Crippen molar-refractivity contribution >= 4 is 39.1 Å². The lowest BCUT2D eigenvalue weighted by Gasteiger charge is -2.27. The van der Waals surface area contributed by atoms with Gasteiger partial charge in [0.15, 0.2) is 0 Å². The normalized spacial score (nSPS) is 12.0. The summed E-state index contributed by atoms with van der Waals surface area (Å²) in [5.74, 6) is -0.0943. The molecule has 0 aromatic heterocycles. The molecule has 0 saturated carbocycles. The van der Waals surface area contributed by atoms with Crippen LogP contribution in [0.15, 0.2) is 47.4 Å². The van der Waals surface area contributed by atoms with Gasteiger partial charge in [0.2, 0.25) is 15.9 Å². The van der Waals surface area contributed by atoms with E-state index in [1.807, 2.05) is 13.8 Å².